The fraction of sp³-hybridized carbons (Fsp3) is 0.361. The van der Waals surface area contributed by atoms with Crippen LogP contribution in [0.3, 0.4) is 0 Å². The molecule has 0 saturated heterocycles. The van der Waals surface area contributed by atoms with Crippen molar-refractivity contribution in [2.24, 2.45) is 5.92 Å². The number of ketones is 1. The van der Waals surface area contributed by atoms with E-state index >= 15 is 0 Å². The summed E-state index contributed by atoms with van der Waals surface area (Å²) in [5.41, 5.74) is 2.35. The fourth-order valence-corrected chi connectivity index (χ4v) is 5.82. The van der Waals surface area contributed by atoms with E-state index in [-0.39, 0.29) is 29.8 Å². The molecular formula is C36H38F3N3O6S. The molecule has 4 rings (SSSR count). The summed E-state index contributed by atoms with van der Waals surface area (Å²) in [5, 5.41) is 11.8. The summed E-state index contributed by atoms with van der Waals surface area (Å²) in [6.45, 7) is 10.9. The number of ether oxygens (including phenoxy) is 2. The Kier molecular flexibility index (Phi) is 11.5. The van der Waals surface area contributed by atoms with Crippen LogP contribution in [0.4, 0.5) is 13.2 Å². The van der Waals surface area contributed by atoms with Gasteiger partial charge in [-0.05, 0) is 68.0 Å². The highest BCUT2D eigenvalue weighted by atomic mass is 32.1. The van der Waals surface area contributed by atoms with E-state index in [0.717, 1.165) is 10.4 Å². The average Bonchev–Trinajstić information content (AvgIpc) is 3.53. The average molecular weight is 698 g/mol. The maximum absolute atomic E-state index is 13.3. The van der Waals surface area contributed by atoms with Gasteiger partial charge in [0.25, 0.3) is 0 Å². The summed E-state index contributed by atoms with van der Waals surface area (Å²) in [5.74, 6) is -2.85. The number of hydrogen-bond donors (Lipinski definition) is 2. The number of alkyl halides is 3. The van der Waals surface area contributed by atoms with E-state index in [9.17, 15) is 32.7 Å². The third-order valence-corrected chi connectivity index (χ3v) is 8.92. The summed E-state index contributed by atoms with van der Waals surface area (Å²) in [7, 11) is 0. The van der Waals surface area contributed by atoms with Gasteiger partial charge in [-0.25, -0.2) is 9.97 Å². The number of thiophene rings is 1. The van der Waals surface area contributed by atoms with E-state index in [0.29, 0.717) is 27.4 Å². The molecule has 2 N–H and O–H groups in total. The van der Waals surface area contributed by atoms with Gasteiger partial charge < -0.3 is 19.9 Å². The SMILES string of the molecule is CC(C)Oc1cc(-c2cnc(-c3ccc(C[C@H](CC(=O)c4ccc(C(C)(C)C)s4)C(=O)N[C@H](C)C(=O)O)cc3)nc2)ccc1OC(F)(F)F. The van der Waals surface area contributed by atoms with Crippen LogP contribution in [0.2, 0.25) is 0 Å². The van der Waals surface area contributed by atoms with Crippen molar-refractivity contribution in [3.8, 4) is 34.0 Å². The highest BCUT2D eigenvalue weighted by molar-refractivity contribution is 7.14. The van der Waals surface area contributed by atoms with Crippen LogP contribution < -0.4 is 14.8 Å². The molecule has 0 saturated carbocycles. The number of amides is 1. The summed E-state index contributed by atoms with van der Waals surface area (Å²) in [6, 6.07) is 13.7. The van der Waals surface area contributed by atoms with Gasteiger partial charge in [0.05, 0.1) is 11.0 Å². The van der Waals surface area contributed by atoms with Crippen molar-refractivity contribution in [1.29, 1.82) is 0 Å². The lowest BCUT2D eigenvalue weighted by Gasteiger charge is -2.18. The minimum Gasteiger partial charge on any atom is -0.487 e. The molecule has 0 aliphatic rings. The van der Waals surface area contributed by atoms with Crippen molar-refractivity contribution in [3.63, 3.8) is 0 Å². The van der Waals surface area contributed by atoms with Gasteiger partial charge >= 0.3 is 12.3 Å². The third kappa shape index (κ3) is 10.4. The molecule has 2 aromatic carbocycles. The number of nitrogens with one attached hydrogen (secondary N) is 1. The number of rotatable bonds is 13. The second-order valence-electron chi connectivity index (χ2n) is 12.9. The van der Waals surface area contributed by atoms with Gasteiger partial charge in [0.15, 0.2) is 23.1 Å². The number of carboxylic acids is 1. The maximum Gasteiger partial charge on any atom is 0.573 e. The van der Waals surface area contributed by atoms with Gasteiger partial charge in [-0.3, -0.25) is 14.4 Å². The third-order valence-electron chi connectivity index (χ3n) is 7.36. The Morgan fingerprint density at radius 1 is 0.878 bits per heavy atom. The molecule has 0 radical (unpaired) electrons. The van der Waals surface area contributed by atoms with Crippen molar-refractivity contribution in [3.05, 3.63) is 82.3 Å². The van der Waals surface area contributed by atoms with Crippen molar-refractivity contribution in [2.45, 2.75) is 78.3 Å². The van der Waals surface area contributed by atoms with Crippen molar-refractivity contribution in [1.82, 2.24) is 15.3 Å². The van der Waals surface area contributed by atoms with Gasteiger partial charge in [0, 0.05) is 40.7 Å². The number of aliphatic carboxylic acids is 1. The molecule has 2 atom stereocenters. The molecule has 4 aromatic rings. The molecule has 2 aromatic heterocycles. The number of hydrogen-bond acceptors (Lipinski definition) is 8. The first kappa shape index (κ1) is 37.0. The van der Waals surface area contributed by atoms with E-state index in [1.54, 1.807) is 56.6 Å². The minimum absolute atomic E-state index is 0.0689. The number of nitrogens with zero attached hydrogens (tertiary/aromatic N) is 2. The Labute approximate surface area is 286 Å². The lowest BCUT2D eigenvalue weighted by Crippen LogP contribution is -2.42. The Bertz CT molecular complexity index is 1780. The molecule has 9 nitrogen and oxygen atoms in total. The van der Waals surface area contributed by atoms with Crippen LogP contribution in [-0.2, 0) is 21.4 Å². The summed E-state index contributed by atoms with van der Waals surface area (Å²) >= 11 is 1.39. The molecule has 0 fully saturated rings. The second kappa shape index (κ2) is 15.2. The van der Waals surface area contributed by atoms with Crippen LogP contribution in [0.1, 0.15) is 68.1 Å². The van der Waals surface area contributed by atoms with E-state index < -0.39 is 42.1 Å². The molecular weight excluding hydrogens is 659 g/mol. The minimum atomic E-state index is -4.87. The van der Waals surface area contributed by atoms with Gasteiger partial charge in [-0.1, -0.05) is 51.1 Å². The number of carboxylic acid groups (broad SMARTS) is 1. The molecule has 260 valence electrons. The Morgan fingerprint density at radius 3 is 2.06 bits per heavy atom. The van der Waals surface area contributed by atoms with Gasteiger partial charge in [0.1, 0.15) is 6.04 Å². The first-order chi connectivity index (χ1) is 22.9. The summed E-state index contributed by atoms with van der Waals surface area (Å²) in [4.78, 5) is 48.3. The molecule has 13 heteroatoms. The number of halogens is 3. The van der Waals surface area contributed by atoms with E-state index in [1.807, 2.05) is 6.07 Å². The fourth-order valence-electron chi connectivity index (χ4n) is 4.81. The molecule has 49 heavy (non-hydrogen) atoms. The van der Waals surface area contributed by atoms with Crippen molar-refractivity contribution < 1.29 is 42.1 Å². The summed E-state index contributed by atoms with van der Waals surface area (Å²) < 4.78 is 48.3. The zero-order valence-corrected chi connectivity index (χ0v) is 28.7. The zero-order valence-electron chi connectivity index (χ0n) is 27.9. The lowest BCUT2D eigenvalue weighted by atomic mass is 9.92. The van der Waals surface area contributed by atoms with Crippen LogP contribution in [0.15, 0.2) is 67.0 Å². The van der Waals surface area contributed by atoms with E-state index in [1.165, 1.54) is 36.5 Å². The number of carbonyl (C=O) groups is 3. The monoisotopic (exact) mass is 697 g/mol. The van der Waals surface area contributed by atoms with Gasteiger partial charge in [-0.15, -0.1) is 24.5 Å². The van der Waals surface area contributed by atoms with Gasteiger partial charge in [-0.2, -0.15) is 0 Å². The molecule has 2 heterocycles. The van der Waals surface area contributed by atoms with Crippen LogP contribution in [0.25, 0.3) is 22.5 Å². The quantitative estimate of drug-likeness (QED) is 0.135. The highest BCUT2D eigenvalue weighted by Crippen LogP contribution is 2.37. The predicted molar refractivity (Wildman–Crippen MR) is 180 cm³/mol. The van der Waals surface area contributed by atoms with Gasteiger partial charge in [0.2, 0.25) is 5.91 Å². The van der Waals surface area contributed by atoms with Crippen LogP contribution >= 0.6 is 11.3 Å². The Morgan fingerprint density at radius 2 is 1.51 bits per heavy atom. The van der Waals surface area contributed by atoms with E-state index in [2.05, 4.69) is 40.8 Å². The summed E-state index contributed by atoms with van der Waals surface area (Å²) in [6.07, 6.45) is -2.09. The number of benzene rings is 2. The second-order valence-corrected chi connectivity index (χ2v) is 14.0. The van der Waals surface area contributed by atoms with Crippen LogP contribution in [0, 0.1) is 5.92 Å². The smallest absolute Gasteiger partial charge is 0.487 e. The topological polar surface area (TPSA) is 128 Å². The van der Waals surface area contributed by atoms with E-state index in [4.69, 9.17) is 4.74 Å². The Hall–Kier alpha value is -4.78. The first-order valence-corrected chi connectivity index (χ1v) is 16.4. The van der Waals surface area contributed by atoms with Crippen LogP contribution in [0.5, 0.6) is 11.5 Å². The standard InChI is InChI=1S/C36H38F3N3O6S/c1-20(2)47-29-17-24(11-12-28(29)48-36(37,38)39)26-18-40-32(41-19-26)23-9-7-22(8-10-23)15-25(33(44)42-21(3)34(45)46)16-27(43)30-13-14-31(49-30)35(4,5)6/h7-14,17-21,25H,15-16H2,1-6H3,(H,42,44)(H,45,46)/t21-,25-/m1/s1. The lowest BCUT2D eigenvalue weighted by molar-refractivity contribution is -0.275. The van der Waals surface area contributed by atoms with Crippen molar-refractivity contribution >= 4 is 29.0 Å². The highest BCUT2D eigenvalue weighted by Gasteiger charge is 2.33. The molecule has 0 unspecified atom stereocenters. The van der Waals surface area contributed by atoms with Crippen molar-refractivity contribution in [2.75, 3.05) is 0 Å². The largest absolute Gasteiger partial charge is 0.573 e. The Balaban J connectivity index is 1.51. The normalized spacial score (nSPS) is 13.1. The van der Waals surface area contributed by atoms with Crippen LogP contribution in [-0.4, -0.2) is 51.2 Å². The number of aromatic nitrogens is 2. The zero-order chi connectivity index (χ0) is 36.1. The molecule has 1 amide bonds. The molecule has 0 aliphatic carbocycles. The molecule has 0 aliphatic heterocycles. The maximum atomic E-state index is 13.3. The first-order valence-electron chi connectivity index (χ1n) is 15.5. The predicted octanol–water partition coefficient (Wildman–Crippen LogP) is 7.88. The molecule has 0 spiro atoms. The number of carbonyl (C=O) groups excluding carboxylic acids is 2. The molecule has 0 bridgehead atoms. The number of Topliss-reactive ketones (excluding diaryl/α,β-unsaturated/α-hetero) is 1.